The van der Waals surface area contributed by atoms with Crippen LogP contribution in [0.1, 0.15) is 5.56 Å². The fourth-order valence-electron chi connectivity index (χ4n) is 2.23. The number of aromatic hydroxyl groups is 1. The van der Waals surface area contributed by atoms with E-state index in [0.717, 1.165) is 16.7 Å². The van der Waals surface area contributed by atoms with Gasteiger partial charge in [-0.25, -0.2) is 9.97 Å². The molecule has 2 heterocycles. The molecule has 3 rings (SSSR count). The molecule has 1 amide bonds. The molecule has 1 aromatic carbocycles. The maximum Gasteiger partial charge on any atom is 0.239 e. The fourth-order valence-corrected chi connectivity index (χ4v) is 2.23. The molecule has 0 unspecified atom stereocenters. The minimum absolute atomic E-state index is 0.0163. The van der Waals surface area contributed by atoms with E-state index in [1.54, 1.807) is 18.5 Å². The number of hydrogen-bond donors (Lipinski definition) is 2. The summed E-state index contributed by atoms with van der Waals surface area (Å²) < 4.78 is 0. The largest absolute Gasteiger partial charge is 0.508 e. The third kappa shape index (κ3) is 2.79. The Bertz CT molecular complexity index is 670. The van der Waals surface area contributed by atoms with Crippen molar-refractivity contribution in [1.82, 2.24) is 15.3 Å². The van der Waals surface area contributed by atoms with Crippen molar-refractivity contribution in [2.24, 2.45) is 0 Å². The fraction of sp³-hybridized carbons (Fsp3) is 0.267. The van der Waals surface area contributed by atoms with Gasteiger partial charge >= 0.3 is 0 Å². The van der Waals surface area contributed by atoms with Crippen molar-refractivity contribution in [3.63, 3.8) is 0 Å². The van der Waals surface area contributed by atoms with E-state index in [1.165, 1.54) is 0 Å². The van der Waals surface area contributed by atoms with Crippen LogP contribution in [0, 0.1) is 6.92 Å². The van der Waals surface area contributed by atoms with Crippen LogP contribution in [0.4, 0.5) is 5.95 Å². The minimum atomic E-state index is -0.0163. The topological polar surface area (TPSA) is 78.4 Å². The number of nitrogens with zero attached hydrogens (tertiary/aromatic N) is 3. The second-order valence-electron chi connectivity index (χ2n) is 5.04. The predicted octanol–water partition coefficient (Wildman–Crippen LogP) is 1.09. The molecule has 6 nitrogen and oxygen atoms in total. The first-order chi connectivity index (χ1) is 10.1. The molecule has 2 N–H and O–H groups in total. The first-order valence-corrected chi connectivity index (χ1v) is 6.77. The summed E-state index contributed by atoms with van der Waals surface area (Å²) in [5, 5.41) is 12.5. The molecule has 1 aromatic heterocycles. The number of carbonyl (C=O) groups is 1. The third-order valence-electron chi connectivity index (χ3n) is 3.50. The molecule has 21 heavy (non-hydrogen) atoms. The van der Waals surface area contributed by atoms with Crippen LogP contribution in [0.15, 0.2) is 30.6 Å². The summed E-state index contributed by atoms with van der Waals surface area (Å²) in [4.78, 5) is 21.8. The predicted molar refractivity (Wildman–Crippen MR) is 79.1 cm³/mol. The molecule has 2 aromatic rings. The molecule has 1 fully saturated rings. The van der Waals surface area contributed by atoms with Crippen LogP contribution < -0.4 is 10.2 Å². The van der Waals surface area contributed by atoms with E-state index >= 15 is 0 Å². The van der Waals surface area contributed by atoms with Crippen LogP contribution in [0.3, 0.4) is 0 Å². The highest BCUT2D eigenvalue weighted by Crippen LogP contribution is 2.25. The van der Waals surface area contributed by atoms with E-state index in [9.17, 15) is 9.90 Å². The minimum Gasteiger partial charge on any atom is -0.508 e. The number of anilines is 1. The summed E-state index contributed by atoms with van der Waals surface area (Å²) in [6, 6.07) is 5.47. The Morgan fingerprint density at radius 2 is 2.00 bits per heavy atom. The molecule has 0 saturated carbocycles. The van der Waals surface area contributed by atoms with Crippen LogP contribution in [0.2, 0.25) is 0 Å². The molecular formula is C15H16N4O2. The van der Waals surface area contributed by atoms with E-state index in [-0.39, 0.29) is 18.2 Å². The number of benzene rings is 1. The smallest absolute Gasteiger partial charge is 0.239 e. The lowest BCUT2D eigenvalue weighted by Crippen LogP contribution is -2.48. The van der Waals surface area contributed by atoms with E-state index in [1.807, 2.05) is 24.0 Å². The normalized spacial score (nSPS) is 14.9. The Hall–Kier alpha value is -2.63. The molecule has 0 radical (unpaired) electrons. The van der Waals surface area contributed by atoms with Crippen LogP contribution in [-0.2, 0) is 4.79 Å². The summed E-state index contributed by atoms with van der Waals surface area (Å²) in [6.07, 6.45) is 3.41. The molecule has 108 valence electrons. The van der Waals surface area contributed by atoms with Crippen LogP contribution in [0.5, 0.6) is 5.75 Å². The van der Waals surface area contributed by atoms with Gasteiger partial charge in [-0.1, -0.05) is 12.1 Å². The molecule has 0 aliphatic carbocycles. The Kier molecular flexibility index (Phi) is 3.43. The number of hydrogen-bond acceptors (Lipinski definition) is 5. The number of nitrogens with one attached hydrogen (secondary N) is 1. The zero-order valence-corrected chi connectivity index (χ0v) is 11.7. The number of aryl methyl sites for hydroxylation is 1. The number of rotatable bonds is 2. The summed E-state index contributed by atoms with van der Waals surface area (Å²) in [5.41, 5.74) is 2.52. The second-order valence-corrected chi connectivity index (χ2v) is 5.04. The Labute approximate surface area is 122 Å². The van der Waals surface area contributed by atoms with Crippen molar-refractivity contribution < 1.29 is 9.90 Å². The highest BCUT2D eigenvalue weighted by Gasteiger charge is 2.18. The van der Waals surface area contributed by atoms with Crippen molar-refractivity contribution in [1.29, 1.82) is 0 Å². The summed E-state index contributed by atoms with van der Waals surface area (Å²) in [7, 11) is 0. The number of phenols is 1. The lowest BCUT2D eigenvalue weighted by Gasteiger charge is -2.26. The van der Waals surface area contributed by atoms with Gasteiger partial charge in [0.25, 0.3) is 0 Å². The number of aromatic nitrogens is 2. The molecule has 0 bridgehead atoms. The van der Waals surface area contributed by atoms with Gasteiger partial charge in [0, 0.05) is 31.0 Å². The number of phenolic OH excluding ortho intramolecular Hbond substituents is 1. The average molecular weight is 284 g/mol. The summed E-state index contributed by atoms with van der Waals surface area (Å²) >= 11 is 0. The maximum atomic E-state index is 11.4. The van der Waals surface area contributed by atoms with E-state index < -0.39 is 0 Å². The Balaban J connectivity index is 1.83. The number of piperazine rings is 1. The molecule has 1 saturated heterocycles. The first kappa shape index (κ1) is 13.4. The number of carbonyl (C=O) groups excluding carboxylic acids is 1. The van der Waals surface area contributed by atoms with Crippen LogP contribution in [0.25, 0.3) is 11.1 Å². The van der Waals surface area contributed by atoms with Crippen molar-refractivity contribution >= 4 is 11.9 Å². The van der Waals surface area contributed by atoms with Gasteiger partial charge in [0.05, 0.1) is 6.54 Å². The van der Waals surface area contributed by atoms with Gasteiger partial charge in [0.1, 0.15) is 5.75 Å². The standard InChI is InChI=1S/C15H16N4O2/c1-10-2-3-11(6-13(10)20)12-7-17-15(18-8-12)19-5-4-16-14(21)9-19/h2-3,6-8,20H,4-5,9H2,1H3,(H,16,21). The first-order valence-electron chi connectivity index (χ1n) is 6.77. The molecule has 1 aliphatic heterocycles. The van der Waals surface area contributed by atoms with E-state index in [0.29, 0.717) is 19.0 Å². The monoisotopic (exact) mass is 284 g/mol. The summed E-state index contributed by atoms with van der Waals surface area (Å²) in [5.74, 6) is 0.784. The van der Waals surface area contributed by atoms with Crippen molar-refractivity contribution in [3.05, 3.63) is 36.2 Å². The van der Waals surface area contributed by atoms with Gasteiger partial charge in [-0.3, -0.25) is 4.79 Å². The highest BCUT2D eigenvalue weighted by molar-refractivity contribution is 5.82. The van der Waals surface area contributed by atoms with Crippen molar-refractivity contribution in [3.8, 4) is 16.9 Å². The second kappa shape index (κ2) is 5.40. The summed E-state index contributed by atoms with van der Waals surface area (Å²) in [6.45, 7) is 3.44. The van der Waals surface area contributed by atoms with E-state index in [4.69, 9.17) is 0 Å². The van der Waals surface area contributed by atoms with Gasteiger partial charge in [-0.15, -0.1) is 0 Å². The van der Waals surface area contributed by atoms with Crippen LogP contribution in [-0.4, -0.2) is 40.6 Å². The molecule has 6 heteroatoms. The van der Waals surface area contributed by atoms with Gasteiger partial charge in [-0.2, -0.15) is 0 Å². The van der Waals surface area contributed by atoms with Gasteiger partial charge < -0.3 is 15.3 Å². The molecule has 0 atom stereocenters. The molecule has 1 aliphatic rings. The van der Waals surface area contributed by atoms with Crippen LogP contribution >= 0.6 is 0 Å². The van der Waals surface area contributed by atoms with Gasteiger partial charge in [0.2, 0.25) is 11.9 Å². The zero-order chi connectivity index (χ0) is 14.8. The molecule has 0 spiro atoms. The van der Waals surface area contributed by atoms with Crippen molar-refractivity contribution in [2.45, 2.75) is 6.92 Å². The Morgan fingerprint density at radius 3 is 2.67 bits per heavy atom. The number of amides is 1. The SMILES string of the molecule is Cc1ccc(-c2cnc(N3CCNC(=O)C3)nc2)cc1O. The Morgan fingerprint density at radius 1 is 1.24 bits per heavy atom. The van der Waals surface area contributed by atoms with Crippen molar-refractivity contribution in [2.75, 3.05) is 24.5 Å². The lowest BCUT2D eigenvalue weighted by molar-refractivity contribution is -0.120. The average Bonchev–Trinajstić information content (AvgIpc) is 2.50. The zero-order valence-electron chi connectivity index (χ0n) is 11.7. The maximum absolute atomic E-state index is 11.4. The van der Waals surface area contributed by atoms with Gasteiger partial charge in [0.15, 0.2) is 0 Å². The quantitative estimate of drug-likeness (QED) is 0.863. The van der Waals surface area contributed by atoms with E-state index in [2.05, 4.69) is 15.3 Å². The third-order valence-corrected chi connectivity index (χ3v) is 3.50. The highest BCUT2D eigenvalue weighted by atomic mass is 16.3. The molecular weight excluding hydrogens is 268 g/mol. The lowest BCUT2D eigenvalue weighted by atomic mass is 10.1. The van der Waals surface area contributed by atoms with Gasteiger partial charge in [-0.05, 0) is 24.1 Å².